The lowest BCUT2D eigenvalue weighted by Crippen LogP contribution is -2.20. The van der Waals surface area contributed by atoms with Gasteiger partial charge in [-0.2, -0.15) is 0 Å². The van der Waals surface area contributed by atoms with Crippen LogP contribution in [-0.4, -0.2) is 11.1 Å². The van der Waals surface area contributed by atoms with E-state index in [1.807, 2.05) is 0 Å². The molecule has 12 heavy (non-hydrogen) atoms. The summed E-state index contributed by atoms with van der Waals surface area (Å²) in [6.45, 7) is 2.19. The summed E-state index contributed by atoms with van der Waals surface area (Å²) in [5, 5.41) is 6.27. The average molecular weight is 166 g/mol. The maximum atomic E-state index is 10.9. The number of allylic oxidation sites excluding steroid dienone is 1. The van der Waals surface area contributed by atoms with E-state index < -0.39 is 0 Å². The van der Waals surface area contributed by atoms with E-state index in [0.29, 0.717) is 12.2 Å². The summed E-state index contributed by atoms with van der Waals surface area (Å²) in [5.41, 5.74) is 0.716. The van der Waals surface area contributed by atoms with Gasteiger partial charge < -0.3 is 9.84 Å². The van der Waals surface area contributed by atoms with Crippen LogP contribution >= 0.6 is 0 Å². The van der Waals surface area contributed by atoms with Crippen molar-refractivity contribution in [1.29, 1.82) is 0 Å². The summed E-state index contributed by atoms with van der Waals surface area (Å²) in [7, 11) is 0. The van der Waals surface area contributed by atoms with Gasteiger partial charge in [-0.15, -0.1) is 0 Å². The van der Waals surface area contributed by atoms with Crippen molar-refractivity contribution in [2.75, 3.05) is 0 Å². The summed E-state index contributed by atoms with van der Waals surface area (Å²) in [4.78, 5) is 10.9. The molecule has 64 valence electrons. The summed E-state index contributed by atoms with van der Waals surface area (Å²) < 4.78 is 4.59. The van der Waals surface area contributed by atoms with E-state index in [2.05, 4.69) is 15.0 Å². The van der Waals surface area contributed by atoms with Gasteiger partial charge in [-0.1, -0.05) is 11.2 Å². The molecule has 1 amide bonds. The standard InChI is InChI=1S/C8H10N2O2/c1-2-3-8(11)9-6-7-4-5-12-10-7/h2-5H,6H2,1H3,(H,9,11)/b3-2+. The Morgan fingerprint density at radius 2 is 2.67 bits per heavy atom. The monoisotopic (exact) mass is 166 g/mol. The van der Waals surface area contributed by atoms with E-state index in [1.165, 1.54) is 12.3 Å². The SMILES string of the molecule is C/C=C/C(=O)NCc1ccon1. The molecule has 1 aromatic rings. The molecule has 1 heterocycles. The third kappa shape index (κ3) is 2.57. The highest BCUT2D eigenvalue weighted by molar-refractivity contribution is 5.87. The second-order valence-corrected chi connectivity index (χ2v) is 2.21. The lowest BCUT2D eigenvalue weighted by molar-refractivity contribution is -0.116. The first-order chi connectivity index (χ1) is 5.83. The highest BCUT2D eigenvalue weighted by Gasteiger charge is 1.97. The van der Waals surface area contributed by atoms with Gasteiger partial charge in [0.1, 0.15) is 12.0 Å². The predicted molar refractivity (Wildman–Crippen MR) is 43.2 cm³/mol. The molecule has 0 spiro atoms. The van der Waals surface area contributed by atoms with Crippen LogP contribution in [0.5, 0.6) is 0 Å². The second kappa shape index (κ2) is 4.33. The molecule has 0 saturated carbocycles. The molecular formula is C8H10N2O2. The van der Waals surface area contributed by atoms with Crippen LogP contribution in [0.25, 0.3) is 0 Å². The third-order valence-corrected chi connectivity index (χ3v) is 1.25. The lowest BCUT2D eigenvalue weighted by Gasteiger charge is -1.95. The Balaban J connectivity index is 2.31. The molecule has 0 unspecified atom stereocenters. The van der Waals surface area contributed by atoms with Crippen LogP contribution in [0.1, 0.15) is 12.6 Å². The van der Waals surface area contributed by atoms with E-state index in [-0.39, 0.29) is 5.91 Å². The minimum absolute atomic E-state index is 0.125. The number of nitrogens with zero attached hydrogens (tertiary/aromatic N) is 1. The molecule has 0 radical (unpaired) electrons. The molecule has 1 N–H and O–H groups in total. The number of hydrogen-bond acceptors (Lipinski definition) is 3. The topological polar surface area (TPSA) is 55.1 Å². The van der Waals surface area contributed by atoms with Crippen LogP contribution in [0.2, 0.25) is 0 Å². The molecule has 0 bridgehead atoms. The fourth-order valence-electron chi connectivity index (χ4n) is 0.717. The van der Waals surface area contributed by atoms with Crippen LogP contribution < -0.4 is 5.32 Å². The van der Waals surface area contributed by atoms with E-state index in [1.54, 1.807) is 19.1 Å². The summed E-state index contributed by atoms with van der Waals surface area (Å²) in [6.07, 6.45) is 4.61. The van der Waals surface area contributed by atoms with Crippen molar-refractivity contribution in [3.63, 3.8) is 0 Å². The number of rotatable bonds is 3. The molecule has 0 aliphatic carbocycles. The summed E-state index contributed by atoms with van der Waals surface area (Å²) in [5.74, 6) is -0.125. The molecule has 0 atom stereocenters. The Bertz CT molecular complexity index is 265. The Morgan fingerprint density at radius 3 is 3.25 bits per heavy atom. The molecule has 4 heteroatoms. The molecular weight excluding hydrogens is 156 g/mol. The molecule has 1 aromatic heterocycles. The Labute approximate surface area is 70.2 Å². The van der Waals surface area contributed by atoms with Crippen molar-refractivity contribution in [3.05, 3.63) is 30.2 Å². The summed E-state index contributed by atoms with van der Waals surface area (Å²) >= 11 is 0. The number of hydrogen-bond donors (Lipinski definition) is 1. The van der Waals surface area contributed by atoms with Gasteiger partial charge >= 0.3 is 0 Å². The number of aromatic nitrogens is 1. The molecule has 0 aromatic carbocycles. The average Bonchev–Trinajstić information content (AvgIpc) is 2.53. The molecule has 0 saturated heterocycles. The van der Waals surface area contributed by atoms with Gasteiger partial charge in [0.15, 0.2) is 0 Å². The normalized spacial score (nSPS) is 10.4. The Hall–Kier alpha value is -1.58. The first kappa shape index (κ1) is 8.52. The molecule has 0 fully saturated rings. The van der Waals surface area contributed by atoms with E-state index in [9.17, 15) is 4.79 Å². The Morgan fingerprint density at radius 1 is 1.83 bits per heavy atom. The third-order valence-electron chi connectivity index (χ3n) is 1.25. The largest absolute Gasteiger partial charge is 0.364 e. The quantitative estimate of drug-likeness (QED) is 0.678. The van der Waals surface area contributed by atoms with Gasteiger partial charge in [0.25, 0.3) is 0 Å². The van der Waals surface area contributed by atoms with Crippen LogP contribution in [0.3, 0.4) is 0 Å². The number of nitrogens with one attached hydrogen (secondary N) is 1. The van der Waals surface area contributed by atoms with Crippen LogP contribution in [0.4, 0.5) is 0 Å². The molecule has 0 aliphatic heterocycles. The summed E-state index contributed by atoms with van der Waals surface area (Å²) in [6, 6.07) is 1.70. The van der Waals surface area contributed by atoms with Gasteiger partial charge in [-0.25, -0.2) is 0 Å². The molecule has 0 aliphatic rings. The first-order valence-electron chi connectivity index (χ1n) is 3.62. The molecule has 1 rings (SSSR count). The predicted octanol–water partition coefficient (Wildman–Crippen LogP) is 0.867. The fourth-order valence-corrected chi connectivity index (χ4v) is 0.717. The fraction of sp³-hybridized carbons (Fsp3) is 0.250. The maximum Gasteiger partial charge on any atom is 0.243 e. The zero-order valence-electron chi connectivity index (χ0n) is 6.78. The molecule has 4 nitrogen and oxygen atoms in total. The van der Waals surface area contributed by atoms with Crippen molar-refractivity contribution in [2.24, 2.45) is 0 Å². The smallest absolute Gasteiger partial charge is 0.243 e. The van der Waals surface area contributed by atoms with E-state index >= 15 is 0 Å². The lowest BCUT2D eigenvalue weighted by atomic mass is 10.4. The van der Waals surface area contributed by atoms with Gasteiger partial charge in [-0.05, 0) is 13.0 Å². The second-order valence-electron chi connectivity index (χ2n) is 2.21. The first-order valence-corrected chi connectivity index (χ1v) is 3.62. The van der Waals surface area contributed by atoms with Crippen LogP contribution in [0.15, 0.2) is 29.0 Å². The van der Waals surface area contributed by atoms with Gasteiger partial charge in [0.2, 0.25) is 5.91 Å². The van der Waals surface area contributed by atoms with Gasteiger partial charge in [0, 0.05) is 6.07 Å². The van der Waals surface area contributed by atoms with Crippen LogP contribution in [0, 0.1) is 0 Å². The van der Waals surface area contributed by atoms with Crippen molar-refractivity contribution in [3.8, 4) is 0 Å². The zero-order chi connectivity index (χ0) is 8.81. The van der Waals surface area contributed by atoms with Crippen molar-refractivity contribution >= 4 is 5.91 Å². The number of carbonyl (C=O) groups excluding carboxylic acids is 1. The van der Waals surface area contributed by atoms with Crippen molar-refractivity contribution in [2.45, 2.75) is 13.5 Å². The Kier molecular flexibility index (Phi) is 3.07. The zero-order valence-corrected chi connectivity index (χ0v) is 6.78. The van der Waals surface area contributed by atoms with E-state index in [0.717, 1.165) is 0 Å². The van der Waals surface area contributed by atoms with Gasteiger partial charge in [0.05, 0.1) is 6.54 Å². The van der Waals surface area contributed by atoms with Gasteiger partial charge in [-0.3, -0.25) is 4.79 Å². The highest BCUT2D eigenvalue weighted by atomic mass is 16.5. The highest BCUT2D eigenvalue weighted by Crippen LogP contribution is 1.92. The van der Waals surface area contributed by atoms with Crippen LogP contribution in [-0.2, 0) is 11.3 Å². The maximum absolute atomic E-state index is 10.9. The minimum atomic E-state index is -0.125. The van der Waals surface area contributed by atoms with E-state index in [4.69, 9.17) is 0 Å². The number of carbonyl (C=O) groups is 1. The van der Waals surface area contributed by atoms with Crippen molar-refractivity contribution in [1.82, 2.24) is 10.5 Å². The number of amides is 1. The van der Waals surface area contributed by atoms with Crippen molar-refractivity contribution < 1.29 is 9.32 Å². The minimum Gasteiger partial charge on any atom is -0.364 e.